The fourth-order valence-corrected chi connectivity index (χ4v) is 3.13. The van der Waals surface area contributed by atoms with Gasteiger partial charge in [0.2, 0.25) is 5.82 Å². The van der Waals surface area contributed by atoms with E-state index in [1.165, 1.54) is 24.3 Å². The highest BCUT2D eigenvalue weighted by molar-refractivity contribution is 8.18. The van der Waals surface area contributed by atoms with Gasteiger partial charge in [-0.1, -0.05) is 12.1 Å². The minimum absolute atomic E-state index is 0.0443. The average Bonchev–Trinajstić information content (AvgIpc) is 2.99. The van der Waals surface area contributed by atoms with Gasteiger partial charge in [-0.3, -0.25) is 19.7 Å². The lowest BCUT2D eigenvalue weighted by Crippen LogP contribution is -2.32. The van der Waals surface area contributed by atoms with E-state index in [0.717, 1.165) is 6.08 Å². The summed E-state index contributed by atoms with van der Waals surface area (Å²) in [5, 5.41) is 10.3. The first-order valence-electron chi connectivity index (χ1n) is 8.22. The number of nitrogens with two attached hydrogens (primary N) is 1. The molecular formula is C19H14F2N2O5S. The number of imide groups is 1. The van der Waals surface area contributed by atoms with Gasteiger partial charge in [0.05, 0.1) is 4.91 Å². The maximum absolute atomic E-state index is 14.4. The van der Waals surface area contributed by atoms with Gasteiger partial charge in [-0.25, -0.2) is 4.39 Å². The molecule has 4 N–H and O–H groups in total. The first-order valence-corrected chi connectivity index (χ1v) is 9.04. The number of halogens is 2. The van der Waals surface area contributed by atoms with Crippen molar-refractivity contribution in [1.82, 2.24) is 5.32 Å². The summed E-state index contributed by atoms with van der Waals surface area (Å²) in [6.07, 6.45) is 1.18. The van der Waals surface area contributed by atoms with Crippen molar-refractivity contribution in [2.24, 2.45) is 5.73 Å². The summed E-state index contributed by atoms with van der Waals surface area (Å²) in [5.41, 5.74) is 5.90. The standard InChI is InChI=1S/C19H14F2N2O5S/c20-15-10(8-14-17(24)23-19(27)29-14)3-6-13(16(15)21)28-11-4-1-9(2-5-11)7-12(22)18(25)26/h1-6,8,12H,7,22H2,(H,25,26)(H,23,24,27). The van der Waals surface area contributed by atoms with Crippen molar-refractivity contribution in [3.63, 3.8) is 0 Å². The lowest BCUT2D eigenvalue weighted by molar-refractivity contribution is -0.138. The molecule has 150 valence electrons. The van der Waals surface area contributed by atoms with Crippen LogP contribution in [0.25, 0.3) is 6.08 Å². The van der Waals surface area contributed by atoms with E-state index in [2.05, 4.69) is 0 Å². The van der Waals surface area contributed by atoms with Crippen molar-refractivity contribution < 1.29 is 33.0 Å². The van der Waals surface area contributed by atoms with Crippen LogP contribution in [0.15, 0.2) is 41.3 Å². The number of amides is 2. The van der Waals surface area contributed by atoms with Gasteiger partial charge in [-0.15, -0.1) is 0 Å². The van der Waals surface area contributed by atoms with Crippen LogP contribution in [0.1, 0.15) is 11.1 Å². The van der Waals surface area contributed by atoms with E-state index in [-0.39, 0.29) is 28.4 Å². The Labute approximate surface area is 167 Å². The zero-order chi connectivity index (χ0) is 21.1. The van der Waals surface area contributed by atoms with Gasteiger partial charge in [-0.2, -0.15) is 4.39 Å². The number of carbonyl (C=O) groups excluding carboxylic acids is 2. The molecular weight excluding hydrogens is 406 g/mol. The molecule has 29 heavy (non-hydrogen) atoms. The molecule has 1 aliphatic rings. The lowest BCUT2D eigenvalue weighted by atomic mass is 10.1. The summed E-state index contributed by atoms with van der Waals surface area (Å²) >= 11 is 0.593. The van der Waals surface area contributed by atoms with E-state index in [4.69, 9.17) is 15.6 Å². The van der Waals surface area contributed by atoms with E-state index < -0.39 is 34.8 Å². The lowest BCUT2D eigenvalue weighted by Gasteiger charge is -2.10. The van der Waals surface area contributed by atoms with Crippen LogP contribution in [0.5, 0.6) is 11.5 Å². The molecule has 0 bridgehead atoms. The molecule has 1 unspecified atom stereocenters. The predicted octanol–water partition coefficient (Wildman–Crippen LogP) is 3.04. The molecule has 3 rings (SSSR count). The Morgan fingerprint density at radius 1 is 1.17 bits per heavy atom. The molecule has 0 aromatic heterocycles. The molecule has 0 saturated carbocycles. The van der Waals surface area contributed by atoms with Gasteiger partial charge in [0.25, 0.3) is 11.1 Å². The second-order valence-electron chi connectivity index (χ2n) is 6.03. The number of benzene rings is 2. The normalized spacial score (nSPS) is 16.0. The maximum Gasteiger partial charge on any atom is 0.320 e. The predicted molar refractivity (Wildman–Crippen MR) is 101 cm³/mol. The third-order valence-corrected chi connectivity index (χ3v) is 4.74. The van der Waals surface area contributed by atoms with Crippen LogP contribution >= 0.6 is 11.8 Å². The summed E-state index contributed by atoms with van der Waals surface area (Å²) in [4.78, 5) is 33.4. The molecule has 1 atom stereocenters. The van der Waals surface area contributed by atoms with Crippen LogP contribution < -0.4 is 15.8 Å². The Kier molecular flexibility index (Phi) is 5.95. The van der Waals surface area contributed by atoms with Gasteiger partial charge in [-0.05, 0) is 54.1 Å². The number of hydrogen-bond donors (Lipinski definition) is 3. The molecule has 10 heteroatoms. The number of ether oxygens (including phenoxy) is 1. The SMILES string of the molecule is NC(Cc1ccc(Oc2ccc(C=C3SC(=O)NC3=O)c(F)c2F)cc1)C(=O)O. The number of thioether (sulfide) groups is 1. The van der Waals surface area contributed by atoms with Crippen molar-refractivity contribution in [3.05, 3.63) is 64.1 Å². The van der Waals surface area contributed by atoms with E-state index in [0.29, 0.717) is 17.3 Å². The number of carboxylic acids is 1. The molecule has 1 fully saturated rings. The van der Waals surface area contributed by atoms with E-state index >= 15 is 0 Å². The molecule has 0 aliphatic carbocycles. The Hall–Kier alpha value is -3.24. The Morgan fingerprint density at radius 2 is 1.86 bits per heavy atom. The van der Waals surface area contributed by atoms with Gasteiger partial charge < -0.3 is 15.6 Å². The van der Waals surface area contributed by atoms with Gasteiger partial charge in [0.15, 0.2) is 11.6 Å². The topological polar surface area (TPSA) is 119 Å². The number of nitrogens with one attached hydrogen (secondary N) is 1. The second kappa shape index (κ2) is 8.41. The minimum atomic E-state index is -1.26. The first kappa shape index (κ1) is 20.5. The Morgan fingerprint density at radius 3 is 2.45 bits per heavy atom. The third-order valence-electron chi connectivity index (χ3n) is 3.93. The van der Waals surface area contributed by atoms with Gasteiger partial charge >= 0.3 is 5.97 Å². The van der Waals surface area contributed by atoms with Crippen molar-refractivity contribution in [1.29, 1.82) is 0 Å². The highest BCUT2D eigenvalue weighted by atomic mass is 32.2. The highest BCUT2D eigenvalue weighted by Crippen LogP contribution is 2.31. The first-order chi connectivity index (χ1) is 13.7. The van der Waals surface area contributed by atoms with E-state index in [9.17, 15) is 23.2 Å². The zero-order valence-corrected chi connectivity index (χ0v) is 15.5. The monoisotopic (exact) mass is 420 g/mol. The van der Waals surface area contributed by atoms with Crippen LogP contribution in [0, 0.1) is 11.6 Å². The van der Waals surface area contributed by atoms with Crippen molar-refractivity contribution >= 4 is 35.0 Å². The molecule has 1 aliphatic heterocycles. The maximum atomic E-state index is 14.4. The van der Waals surface area contributed by atoms with Crippen LogP contribution in [-0.2, 0) is 16.0 Å². The summed E-state index contributed by atoms with van der Waals surface area (Å²) in [7, 11) is 0. The molecule has 7 nitrogen and oxygen atoms in total. The summed E-state index contributed by atoms with van der Waals surface area (Å²) < 4.78 is 34.0. The number of rotatable bonds is 6. The quantitative estimate of drug-likeness (QED) is 0.615. The summed E-state index contributed by atoms with van der Waals surface area (Å²) in [6.45, 7) is 0. The van der Waals surface area contributed by atoms with Crippen LogP contribution in [0.3, 0.4) is 0 Å². The largest absolute Gasteiger partial charge is 0.480 e. The van der Waals surface area contributed by atoms with Gasteiger partial charge in [0, 0.05) is 5.56 Å². The van der Waals surface area contributed by atoms with Crippen molar-refractivity contribution in [2.75, 3.05) is 0 Å². The smallest absolute Gasteiger partial charge is 0.320 e. The van der Waals surface area contributed by atoms with Crippen molar-refractivity contribution in [2.45, 2.75) is 12.5 Å². The van der Waals surface area contributed by atoms with E-state index in [1.807, 2.05) is 5.32 Å². The summed E-state index contributed by atoms with van der Waals surface area (Å²) in [6, 6.07) is 7.45. The molecule has 0 radical (unpaired) electrons. The minimum Gasteiger partial charge on any atom is -0.480 e. The number of hydrogen-bond acceptors (Lipinski definition) is 6. The van der Waals surface area contributed by atoms with E-state index in [1.54, 1.807) is 12.1 Å². The average molecular weight is 420 g/mol. The van der Waals surface area contributed by atoms with Crippen LogP contribution in [-0.4, -0.2) is 28.3 Å². The molecule has 1 heterocycles. The number of carbonyl (C=O) groups is 3. The molecule has 0 spiro atoms. The zero-order valence-electron chi connectivity index (χ0n) is 14.6. The Balaban J connectivity index is 1.76. The highest BCUT2D eigenvalue weighted by Gasteiger charge is 2.26. The Bertz CT molecular complexity index is 1020. The van der Waals surface area contributed by atoms with Crippen LogP contribution in [0.4, 0.5) is 13.6 Å². The molecule has 2 aromatic rings. The number of aliphatic carboxylic acids is 1. The molecule has 1 saturated heterocycles. The molecule has 2 aromatic carbocycles. The fourth-order valence-electron chi connectivity index (χ4n) is 2.46. The van der Waals surface area contributed by atoms with Crippen LogP contribution in [0.2, 0.25) is 0 Å². The summed E-state index contributed by atoms with van der Waals surface area (Å²) in [5.74, 6) is -4.46. The third kappa shape index (κ3) is 4.79. The van der Waals surface area contributed by atoms with Crippen molar-refractivity contribution in [3.8, 4) is 11.5 Å². The second-order valence-corrected chi connectivity index (χ2v) is 7.04. The van der Waals surface area contributed by atoms with Gasteiger partial charge in [0.1, 0.15) is 11.8 Å². The fraction of sp³-hybridized carbons (Fsp3) is 0.105. The molecule has 2 amide bonds. The number of carboxylic acid groups (broad SMARTS) is 1.